The summed E-state index contributed by atoms with van der Waals surface area (Å²) in [7, 11) is -3.27. The van der Waals surface area contributed by atoms with E-state index in [-0.39, 0.29) is 16.2 Å². The van der Waals surface area contributed by atoms with Gasteiger partial charge in [0.2, 0.25) is 5.91 Å². The minimum absolute atomic E-state index is 0.0135. The zero-order valence-corrected chi connectivity index (χ0v) is 15.2. The predicted octanol–water partition coefficient (Wildman–Crippen LogP) is 4.03. The van der Waals surface area contributed by atoms with Crippen LogP contribution in [0.15, 0.2) is 57.9 Å². The number of benzene rings is 2. The van der Waals surface area contributed by atoms with Gasteiger partial charge < -0.3 is 5.32 Å². The molecule has 1 amide bonds. The quantitative estimate of drug-likeness (QED) is 0.755. The topological polar surface area (TPSA) is 63.2 Å². The van der Waals surface area contributed by atoms with Crippen molar-refractivity contribution in [1.29, 1.82) is 0 Å². The minimum Gasteiger partial charge on any atom is -0.323 e. The van der Waals surface area contributed by atoms with Gasteiger partial charge in [0.15, 0.2) is 9.84 Å². The Morgan fingerprint density at radius 1 is 1.21 bits per heavy atom. The molecular weight excluding hydrogens is 397 g/mol. The molecule has 0 radical (unpaired) electrons. The van der Waals surface area contributed by atoms with Crippen molar-refractivity contribution >= 4 is 43.4 Å². The number of carbonyl (C=O) groups is 1. The maximum atomic E-state index is 13.6. The van der Waals surface area contributed by atoms with Gasteiger partial charge in [-0.25, -0.2) is 12.8 Å². The molecule has 0 aliphatic rings. The van der Waals surface area contributed by atoms with Gasteiger partial charge in [-0.05, 0) is 48.5 Å². The van der Waals surface area contributed by atoms with Crippen LogP contribution in [-0.4, -0.2) is 20.1 Å². The fourth-order valence-corrected chi connectivity index (χ4v) is 3.17. The van der Waals surface area contributed by atoms with Gasteiger partial charge in [-0.1, -0.05) is 22.9 Å². The first-order valence-corrected chi connectivity index (χ1v) is 9.53. The molecular formula is C17H15BrFNO3S. The lowest BCUT2D eigenvalue weighted by Gasteiger charge is -2.05. The first-order valence-electron chi connectivity index (χ1n) is 7.09. The molecule has 0 aromatic heterocycles. The Hall–Kier alpha value is -1.99. The molecule has 0 aliphatic heterocycles. The molecule has 0 saturated heterocycles. The Morgan fingerprint density at radius 3 is 2.50 bits per heavy atom. The molecule has 1 N–H and O–H groups in total. The van der Waals surface area contributed by atoms with Crippen LogP contribution in [0.2, 0.25) is 0 Å². The number of rotatable bonds is 5. The summed E-state index contributed by atoms with van der Waals surface area (Å²) in [5, 5.41) is 2.59. The number of amides is 1. The highest BCUT2D eigenvalue weighted by Crippen LogP contribution is 2.18. The van der Waals surface area contributed by atoms with Crippen LogP contribution in [0.1, 0.15) is 12.5 Å². The summed E-state index contributed by atoms with van der Waals surface area (Å²) in [6.45, 7) is 1.57. The van der Waals surface area contributed by atoms with Crippen molar-refractivity contribution in [3.05, 3.63) is 64.4 Å². The molecule has 0 heterocycles. The summed E-state index contributed by atoms with van der Waals surface area (Å²) < 4.78 is 37.7. The van der Waals surface area contributed by atoms with Gasteiger partial charge >= 0.3 is 0 Å². The molecule has 4 nitrogen and oxygen atoms in total. The van der Waals surface area contributed by atoms with Crippen LogP contribution in [-0.2, 0) is 14.6 Å². The van der Waals surface area contributed by atoms with Crippen LogP contribution in [0.3, 0.4) is 0 Å². The van der Waals surface area contributed by atoms with E-state index in [1.807, 2.05) is 0 Å². The smallest absolute Gasteiger partial charge is 0.248 e. The normalized spacial score (nSPS) is 11.6. The van der Waals surface area contributed by atoms with Crippen LogP contribution in [0.25, 0.3) is 6.08 Å². The van der Waals surface area contributed by atoms with E-state index in [4.69, 9.17) is 0 Å². The summed E-state index contributed by atoms with van der Waals surface area (Å²) in [5.41, 5.74) is 0.735. The van der Waals surface area contributed by atoms with Gasteiger partial charge in [-0.3, -0.25) is 4.79 Å². The first kappa shape index (κ1) is 18.4. The van der Waals surface area contributed by atoms with E-state index in [0.29, 0.717) is 10.2 Å². The number of halogens is 2. The third-order valence-electron chi connectivity index (χ3n) is 3.23. The van der Waals surface area contributed by atoms with Crippen LogP contribution >= 0.6 is 15.9 Å². The molecule has 2 rings (SSSR count). The summed E-state index contributed by atoms with van der Waals surface area (Å²) in [6, 6.07) is 10.3. The highest BCUT2D eigenvalue weighted by molar-refractivity contribution is 9.10. The van der Waals surface area contributed by atoms with Gasteiger partial charge in [0.05, 0.1) is 10.6 Å². The lowest BCUT2D eigenvalue weighted by molar-refractivity contribution is -0.111. The second-order valence-corrected chi connectivity index (χ2v) is 8.11. The third kappa shape index (κ3) is 4.75. The molecule has 0 saturated carbocycles. The van der Waals surface area contributed by atoms with Crippen molar-refractivity contribution in [2.24, 2.45) is 0 Å². The van der Waals surface area contributed by atoms with E-state index < -0.39 is 21.6 Å². The highest BCUT2D eigenvalue weighted by atomic mass is 79.9. The standard InChI is InChI=1S/C17H15BrFNO3S/c1-2-24(22,23)15-7-5-14(6-8-15)20-17(21)10-3-12-11-13(18)4-9-16(12)19/h3-11H,2H2,1H3,(H,20,21)/b10-3+. The molecule has 24 heavy (non-hydrogen) atoms. The molecule has 0 unspecified atom stereocenters. The van der Waals surface area contributed by atoms with Crippen LogP contribution < -0.4 is 5.32 Å². The SMILES string of the molecule is CCS(=O)(=O)c1ccc(NC(=O)/C=C/c2cc(Br)ccc2F)cc1. The van der Waals surface area contributed by atoms with Crippen molar-refractivity contribution in [1.82, 2.24) is 0 Å². The molecule has 126 valence electrons. The van der Waals surface area contributed by atoms with Crippen LogP contribution in [0.4, 0.5) is 10.1 Å². The number of nitrogens with one attached hydrogen (secondary N) is 1. The van der Waals surface area contributed by atoms with Gasteiger partial charge in [0.25, 0.3) is 0 Å². The summed E-state index contributed by atoms with van der Waals surface area (Å²) in [4.78, 5) is 12.1. The lowest BCUT2D eigenvalue weighted by Crippen LogP contribution is -2.08. The fraction of sp³-hybridized carbons (Fsp3) is 0.118. The van der Waals surface area contributed by atoms with Crippen molar-refractivity contribution in [2.45, 2.75) is 11.8 Å². The molecule has 2 aromatic rings. The zero-order chi connectivity index (χ0) is 17.7. The van der Waals surface area contributed by atoms with Gasteiger partial charge in [0, 0.05) is 21.8 Å². The largest absolute Gasteiger partial charge is 0.323 e. The second kappa shape index (κ2) is 7.72. The number of hydrogen-bond donors (Lipinski definition) is 1. The van der Waals surface area contributed by atoms with E-state index in [0.717, 1.165) is 0 Å². The van der Waals surface area contributed by atoms with Crippen LogP contribution in [0.5, 0.6) is 0 Å². The van der Waals surface area contributed by atoms with Gasteiger partial charge in [-0.15, -0.1) is 0 Å². The lowest BCUT2D eigenvalue weighted by atomic mass is 10.2. The Balaban J connectivity index is 2.07. The molecule has 0 atom stereocenters. The van der Waals surface area contributed by atoms with Gasteiger partial charge in [0.1, 0.15) is 5.82 Å². The van der Waals surface area contributed by atoms with E-state index in [2.05, 4.69) is 21.2 Å². The molecule has 0 aliphatic carbocycles. The van der Waals surface area contributed by atoms with E-state index in [1.54, 1.807) is 19.1 Å². The predicted molar refractivity (Wildman–Crippen MR) is 95.9 cm³/mol. The number of hydrogen-bond acceptors (Lipinski definition) is 3. The Bertz CT molecular complexity index is 877. The second-order valence-electron chi connectivity index (χ2n) is 4.92. The Kier molecular flexibility index (Phi) is 5.90. The Morgan fingerprint density at radius 2 is 1.88 bits per heavy atom. The maximum Gasteiger partial charge on any atom is 0.248 e. The molecule has 2 aromatic carbocycles. The highest BCUT2D eigenvalue weighted by Gasteiger charge is 2.11. The number of anilines is 1. The maximum absolute atomic E-state index is 13.6. The minimum atomic E-state index is -3.27. The summed E-state index contributed by atoms with van der Waals surface area (Å²) >= 11 is 3.24. The Labute approximate surface area is 148 Å². The van der Waals surface area contributed by atoms with E-state index in [1.165, 1.54) is 42.5 Å². The zero-order valence-electron chi connectivity index (χ0n) is 12.8. The monoisotopic (exact) mass is 411 g/mol. The van der Waals surface area contributed by atoms with Crippen molar-refractivity contribution < 1.29 is 17.6 Å². The number of carbonyl (C=O) groups excluding carboxylic acids is 1. The van der Waals surface area contributed by atoms with E-state index >= 15 is 0 Å². The third-order valence-corrected chi connectivity index (χ3v) is 5.48. The fourth-order valence-electron chi connectivity index (χ4n) is 1.90. The van der Waals surface area contributed by atoms with Crippen molar-refractivity contribution in [3.63, 3.8) is 0 Å². The molecule has 0 spiro atoms. The first-order chi connectivity index (χ1) is 11.3. The van der Waals surface area contributed by atoms with Crippen molar-refractivity contribution in [2.75, 3.05) is 11.1 Å². The van der Waals surface area contributed by atoms with Crippen LogP contribution in [0, 0.1) is 5.82 Å². The molecule has 0 bridgehead atoms. The van der Waals surface area contributed by atoms with Crippen molar-refractivity contribution in [3.8, 4) is 0 Å². The molecule has 7 heteroatoms. The molecule has 0 fully saturated rings. The van der Waals surface area contributed by atoms with Gasteiger partial charge in [-0.2, -0.15) is 0 Å². The summed E-state index contributed by atoms with van der Waals surface area (Å²) in [5.74, 6) is -0.864. The number of sulfone groups is 1. The van der Waals surface area contributed by atoms with E-state index in [9.17, 15) is 17.6 Å². The summed E-state index contributed by atoms with van der Waals surface area (Å²) in [6.07, 6.45) is 2.58. The average molecular weight is 412 g/mol. The average Bonchev–Trinajstić information content (AvgIpc) is 2.56.